The summed E-state index contributed by atoms with van der Waals surface area (Å²) >= 11 is 6.09. The van der Waals surface area contributed by atoms with Crippen molar-refractivity contribution in [3.8, 4) is 11.5 Å². The average Bonchev–Trinajstić information content (AvgIpc) is 2.99. The smallest absolute Gasteiger partial charge is 0.263 e. The van der Waals surface area contributed by atoms with Crippen molar-refractivity contribution in [2.24, 2.45) is 5.10 Å². The van der Waals surface area contributed by atoms with E-state index in [1.54, 1.807) is 12.1 Å². The molecule has 3 N–H and O–H groups in total. The summed E-state index contributed by atoms with van der Waals surface area (Å²) in [5.41, 5.74) is 3.32. The molecule has 8 nitrogen and oxygen atoms in total. The fraction of sp³-hybridized carbons (Fsp3) is 0.100. The second-order valence-corrected chi connectivity index (χ2v) is 4.07. The molecule has 98 valence electrons. The molecule has 0 saturated heterocycles. The maximum Gasteiger partial charge on any atom is 0.263 e. The highest BCUT2D eigenvalue weighted by Crippen LogP contribution is 2.36. The third-order valence-corrected chi connectivity index (χ3v) is 2.76. The van der Waals surface area contributed by atoms with Crippen molar-refractivity contribution in [1.29, 1.82) is 0 Å². The average molecular weight is 281 g/mol. The first kappa shape index (κ1) is 11.6. The van der Waals surface area contributed by atoms with E-state index < -0.39 is 0 Å². The van der Waals surface area contributed by atoms with Gasteiger partial charge < -0.3 is 15.3 Å². The second-order valence-electron chi connectivity index (χ2n) is 3.66. The predicted octanol–water partition coefficient (Wildman–Crippen LogP) is 0.820. The second kappa shape index (κ2) is 4.65. The number of nitrogens with zero attached hydrogens (tertiary/aromatic N) is 4. The van der Waals surface area contributed by atoms with E-state index in [0.717, 1.165) is 0 Å². The van der Waals surface area contributed by atoms with E-state index in [0.29, 0.717) is 28.0 Å². The minimum atomic E-state index is 0.195. The number of fused-ring (bicyclic) bond motifs is 1. The van der Waals surface area contributed by atoms with E-state index in [1.165, 1.54) is 17.2 Å². The summed E-state index contributed by atoms with van der Waals surface area (Å²) in [4.78, 5) is 0. The van der Waals surface area contributed by atoms with Gasteiger partial charge in [-0.2, -0.15) is 5.10 Å². The zero-order valence-corrected chi connectivity index (χ0v) is 10.3. The molecule has 0 bridgehead atoms. The summed E-state index contributed by atoms with van der Waals surface area (Å²) in [5, 5.41) is 11.8. The van der Waals surface area contributed by atoms with Gasteiger partial charge in [0, 0.05) is 11.6 Å². The van der Waals surface area contributed by atoms with Crippen LogP contribution >= 0.6 is 11.6 Å². The largest absolute Gasteiger partial charge is 0.454 e. The van der Waals surface area contributed by atoms with E-state index in [2.05, 4.69) is 20.7 Å². The van der Waals surface area contributed by atoms with Crippen LogP contribution in [0.3, 0.4) is 0 Å². The maximum atomic E-state index is 6.09. The molecular weight excluding hydrogens is 272 g/mol. The lowest BCUT2D eigenvalue weighted by Gasteiger charge is -2.01. The van der Waals surface area contributed by atoms with Crippen molar-refractivity contribution < 1.29 is 9.47 Å². The molecule has 0 atom stereocenters. The van der Waals surface area contributed by atoms with E-state index in [1.807, 2.05) is 0 Å². The summed E-state index contributed by atoms with van der Waals surface area (Å²) in [7, 11) is 0. The Labute approximate surface area is 112 Å². The highest BCUT2D eigenvalue weighted by Gasteiger charge is 2.15. The van der Waals surface area contributed by atoms with E-state index in [4.69, 9.17) is 26.9 Å². The summed E-state index contributed by atoms with van der Waals surface area (Å²) in [6.07, 6.45) is 2.88. The standard InChI is InChI=1S/C10H9ClN6O2/c11-7-2-9-8(18-5-19-9)1-6(7)3-13-15-10-16-14-4-17(10)12/h1-4H,5,12H2,(H,15,16)/b13-3+. The molecule has 0 spiro atoms. The number of hydrogen-bond acceptors (Lipinski definition) is 7. The number of aromatic nitrogens is 3. The molecule has 9 heteroatoms. The quantitative estimate of drug-likeness (QED) is 0.490. The van der Waals surface area contributed by atoms with Gasteiger partial charge in [0.2, 0.25) is 6.79 Å². The SMILES string of the molecule is Nn1cnnc1N/N=C/c1cc2c(cc1Cl)OCO2. The van der Waals surface area contributed by atoms with Crippen molar-refractivity contribution in [3.63, 3.8) is 0 Å². The van der Waals surface area contributed by atoms with Crippen molar-refractivity contribution >= 4 is 23.8 Å². The van der Waals surface area contributed by atoms with E-state index >= 15 is 0 Å². The molecule has 3 rings (SSSR count). The van der Waals surface area contributed by atoms with Gasteiger partial charge in [0.05, 0.1) is 11.2 Å². The molecule has 2 aromatic rings. The molecule has 1 aromatic carbocycles. The van der Waals surface area contributed by atoms with Gasteiger partial charge >= 0.3 is 0 Å². The highest BCUT2D eigenvalue weighted by atomic mass is 35.5. The lowest BCUT2D eigenvalue weighted by molar-refractivity contribution is 0.174. The monoisotopic (exact) mass is 280 g/mol. The van der Waals surface area contributed by atoms with Gasteiger partial charge in [-0.1, -0.05) is 11.6 Å². The van der Waals surface area contributed by atoms with Gasteiger partial charge in [-0.05, 0) is 6.07 Å². The van der Waals surface area contributed by atoms with Crippen LogP contribution in [0.5, 0.6) is 11.5 Å². The lowest BCUT2D eigenvalue weighted by atomic mass is 10.2. The van der Waals surface area contributed by atoms with Gasteiger partial charge in [-0.3, -0.25) is 0 Å². The third-order valence-electron chi connectivity index (χ3n) is 2.43. The number of nitrogens with one attached hydrogen (secondary N) is 1. The molecule has 0 radical (unpaired) electrons. The number of nitrogens with two attached hydrogens (primary N) is 1. The summed E-state index contributed by atoms with van der Waals surface area (Å²) in [6.45, 7) is 0.195. The van der Waals surface area contributed by atoms with Crippen molar-refractivity contribution in [2.45, 2.75) is 0 Å². The molecule has 1 aliphatic heterocycles. The van der Waals surface area contributed by atoms with Gasteiger partial charge in [0.25, 0.3) is 5.95 Å². The molecular formula is C10H9ClN6O2. The highest BCUT2D eigenvalue weighted by molar-refractivity contribution is 6.33. The zero-order valence-electron chi connectivity index (χ0n) is 9.58. The Kier molecular flexibility index (Phi) is 2.84. The Balaban J connectivity index is 1.78. The molecule has 0 unspecified atom stereocenters. The number of nitrogen functional groups attached to an aromatic ring is 1. The number of anilines is 1. The van der Waals surface area contributed by atoms with Gasteiger partial charge in [-0.25, -0.2) is 10.1 Å². The maximum absolute atomic E-state index is 6.09. The fourth-order valence-electron chi connectivity index (χ4n) is 1.51. The number of ether oxygens (including phenoxy) is 2. The molecule has 2 heterocycles. The van der Waals surface area contributed by atoms with Crippen LogP contribution in [0.15, 0.2) is 23.6 Å². The third kappa shape index (κ3) is 2.25. The molecule has 0 amide bonds. The van der Waals surface area contributed by atoms with Crippen LogP contribution in [0.1, 0.15) is 5.56 Å². The minimum Gasteiger partial charge on any atom is -0.454 e. The van der Waals surface area contributed by atoms with Crippen LogP contribution in [0, 0.1) is 0 Å². The topological polar surface area (TPSA) is 99.6 Å². The lowest BCUT2D eigenvalue weighted by Crippen LogP contribution is -2.10. The Bertz CT molecular complexity index is 641. The number of benzene rings is 1. The fourth-order valence-corrected chi connectivity index (χ4v) is 1.72. The zero-order chi connectivity index (χ0) is 13.2. The molecule has 0 aliphatic carbocycles. The van der Waals surface area contributed by atoms with Gasteiger partial charge in [-0.15, -0.1) is 10.2 Å². The van der Waals surface area contributed by atoms with E-state index in [-0.39, 0.29) is 6.79 Å². The Morgan fingerprint density at radius 1 is 1.42 bits per heavy atom. The Hall–Kier alpha value is -2.48. The normalized spacial score (nSPS) is 13.1. The van der Waals surface area contributed by atoms with Crippen LogP contribution in [0.2, 0.25) is 5.02 Å². The van der Waals surface area contributed by atoms with Crippen LogP contribution in [-0.2, 0) is 0 Å². The number of rotatable bonds is 3. The number of hydrazone groups is 1. The first-order valence-corrected chi connectivity index (χ1v) is 5.65. The molecule has 0 fully saturated rings. The first-order chi connectivity index (χ1) is 9.24. The summed E-state index contributed by atoms with van der Waals surface area (Å²) < 4.78 is 11.7. The van der Waals surface area contributed by atoms with Crippen molar-refractivity contribution in [1.82, 2.24) is 14.9 Å². The van der Waals surface area contributed by atoms with Crippen LogP contribution in [0.25, 0.3) is 0 Å². The van der Waals surface area contributed by atoms with Crippen LogP contribution < -0.4 is 20.7 Å². The first-order valence-electron chi connectivity index (χ1n) is 5.27. The van der Waals surface area contributed by atoms with Gasteiger partial charge in [0.1, 0.15) is 6.33 Å². The van der Waals surface area contributed by atoms with Crippen LogP contribution in [0.4, 0.5) is 5.95 Å². The molecule has 1 aromatic heterocycles. The minimum absolute atomic E-state index is 0.195. The summed E-state index contributed by atoms with van der Waals surface area (Å²) in [6, 6.07) is 3.42. The predicted molar refractivity (Wildman–Crippen MR) is 69.0 cm³/mol. The van der Waals surface area contributed by atoms with Crippen molar-refractivity contribution in [2.75, 3.05) is 18.1 Å². The molecule has 0 saturated carbocycles. The summed E-state index contributed by atoms with van der Waals surface area (Å²) in [5.74, 6) is 7.08. The van der Waals surface area contributed by atoms with Gasteiger partial charge in [0.15, 0.2) is 11.5 Å². The Morgan fingerprint density at radius 2 is 2.21 bits per heavy atom. The number of hydrogen-bond donors (Lipinski definition) is 2. The molecule has 1 aliphatic rings. The van der Waals surface area contributed by atoms with Crippen LogP contribution in [-0.4, -0.2) is 27.9 Å². The number of halogens is 1. The van der Waals surface area contributed by atoms with Crippen molar-refractivity contribution in [3.05, 3.63) is 29.0 Å². The van der Waals surface area contributed by atoms with E-state index in [9.17, 15) is 0 Å². The molecule has 19 heavy (non-hydrogen) atoms. The Morgan fingerprint density at radius 3 is 2.95 bits per heavy atom.